The van der Waals surface area contributed by atoms with Crippen LogP contribution in [0.25, 0.3) is 10.9 Å². The lowest BCUT2D eigenvalue weighted by atomic mass is 10.0. The first-order chi connectivity index (χ1) is 15.3. The van der Waals surface area contributed by atoms with Gasteiger partial charge in [0.25, 0.3) is 5.91 Å². The summed E-state index contributed by atoms with van der Waals surface area (Å²) in [5.74, 6) is -0.668. The van der Waals surface area contributed by atoms with Crippen LogP contribution in [-0.2, 0) is 4.79 Å². The second-order valence-electron chi connectivity index (χ2n) is 8.42. The van der Waals surface area contributed by atoms with Gasteiger partial charge in [0, 0.05) is 48.9 Å². The number of hydrogen-bond donors (Lipinski definition) is 1. The summed E-state index contributed by atoms with van der Waals surface area (Å²) in [6, 6.07) is 14.0. The molecule has 166 valence electrons. The van der Waals surface area contributed by atoms with Crippen molar-refractivity contribution in [1.82, 2.24) is 9.88 Å². The van der Waals surface area contributed by atoms with Gasteiger partial charge in [0.15, 0.2) is 0 Å². The number of halogens is 1. The number of rotatable bonds is 4. The van der Waals surface area contributed by atoms with E-state index < -0.39 is 0 Å². The van der Waals surface area contributed by atoms with Gasteiger partial charge in [0.2, 0.25) is 5.91 Å². The summed E-state index contributed by atoms with van der Waals surface area (Å²) >= 11 is 0. The second-order valence-corrected chi connectivity index (χ2v) is 8.42. The van der Waals surface area contributed by atoms with Crippen LogP contribution in [0.2, 0.25) is 0 Å². The van der Waals surface area contributed by atoms with Gasteiger partial charge >= 0.3 is 0 Å². The molecule has 1 aliphatic heterocycles. The maximum Gasteiger partial charge on any atom is 0.254 e. The molecule has 0 aliphatic carbocycles. The van der Waals surface area contributed by atoms with Gasteiger partial charge in [-0.1, -0.05) is 32.0 Å². The van der Waals surface area contributed by atoms with E-state index in [1.807, 2.05) is 43.9 Å². The van der Waals surface area contributed by atoms with E-state index in [1.54, 1.807) is 29.2 Å². The third-order valence-electron chi connectivity index (χ3n) is 5.73. The van der Waals surface area contributed by atoms with E-state index in [-0.39, 0.29) is 23.5 Å². The average molecular weight is 435 g/mol. The van der Waals surface area contributed by atoms with Crippen molar-refractivity contribution < 1.29 is 14.0 Å². The SMILES string of the molecule is Cc1ccc2c(C(=O)N3CCN(c4ccccc4F)CC3)cc(NC(=O)C(C)C)cc2n1. The Morgan fingerprint density at radius 2 is 1.75 bits per heavy atom. The standard InChI is InChI=1S/C25H27FN4O2/c1-16(2)24(31)28-18-14-20(19-9-8-17(3)27-22(19)15-18)25(32)30-12-10-29(11-13-30)23-7-5-4-6-21(23)26/h4-9,14-16H,10-13H2,1-3H3,(H,28,31). The number of pyridine rings is 1. The first-order valence-corrected chi connectivity index (χ1v) is 10.8. The lowest BCUT2D eigenvalue weighted by molar-refractivity contribution is -0.118. The van der Waals surface area contributed by atoms with Crippen molar-refractivity contribution >= 4 is 34.1 Å². The highest BCUT2D eigenvalue weighted by atomic mass is 19.1. The minimum atomic E-state index is -0.256. The van der Waals surface area contributed by atoms with Gasteiger partial charge in [-0.15, -0.1) is 0 Å². The van der Waals surface area contributed by atoms with E-state index in [1.165, 1.54) is 6.07 Å². The highest BCUT2D eigenvalue weighted by Gasteiger charge is 2.25. The van der Waals surface area contributed by atoms with Crippen LogP contribution in [0.1, 0.15) is 29.9 Å². The van der Waals surface area contributed by atoms with Crippen molar-refractivity contribution in [2.75, 3.05) is 36.4 Å². The first-order valence-electron chi connectivity index (χ1n) is 10.8. The highest BCUT2D eigenvalue weighted by Crippen LogP contribution is 2.26. The number of benzene rings is 2. The number of aryl methyl sites for hydroxylation is 1. The summed E-state index contributed by atoms with van der Waals surface area (Å²) in [5.41, 5.74) is 3.13. The molecule has 1 N–H and O–H groups in total. The van der Waals surface area contributed by atoms with Gasteiger partial charge < -0.3 is 15.1 Å². The number of fused-ring (bicyclic) bond motifs is 1. The monoisotopic (exact) mass is 434 g/mol. The number of hydrogen-bond acceptors (Lipinski definition) is 4. The molecule has 32 heavy (non-hydrogen) atoms. The van der Waals surface area contributed by atoms with Gasteiger partial charge in [-0.25, -0.2) is 4.39 Å². The molecule has 3 aromatic rings. The van der Waals surface area contributed by atoms with Gasteiger partial charge in [-0.2, -0.15) is 0 Å². The maximum atomic E-state index is 14.1. The molecule has 0 atom stereocenters. The molecule has 1 saturated heterocycles. The topological polar surface area (TPSA) is 65.5 Å². The van der Waals surface area contributed by atoms with E-state index in [2.05, 4.69) is 10.3 Å². The van der Waals surface area contributed by atoms with E-state index >= 15 is 0 Å². The second kappa shape index (κ2) is 8.94. The maximum absolute atomic E-state index is 14.1. The van der Waals surface area contributed by atoms with Gasteiger partial charge in [-0.3, -0.25) is 14.6 Å². The fraction of sp³-hybridized carbons (Fsp3) is 0.320. The van der Waals surface area contributed by atoms with Crippen LogP contribution < -0.4 is 10.2 Å². The third kappa shape index (κ3) is 4.42. The fourth-order valence-electron chi connectivity index (χ4n) is 3.90. The Hall–Kier alpha value is -3.48. The van der Waals surface area contributed by atoms with Crippen LogP contribution in [0.15, 0.2) is 48.5 Å². The number of piperazine rings is 1. The van der Waals surface area contributed by atoms with E-state index in [9.17, 15) is 14.0 Å². The summed E-state index contributed by atoms with van der Waals surface area (Å²) in [7, 11) is 0. The molecule has 0 spiro atoms. The van der Waals surface area contributed by atoms with Crippen molar-refractivity contribution in [2.24, 2.45) is 5.92 Å². The number of amides is 2. The van der Waals surface area contributed by atoms with Crippen molar-refractivity contribution in [3.05, 3.63) is 65.6 Å². The molecule has 1 aliphatic rings. The fourth-order valence-corrected chi connectivity index (χ4v) is 3.90. The Balaban J connectivity index is 1.60. The summed E-state index contributed by atoms with van der Waals surface area (Å²) < 4.78 is 14.1. The minimum absolute atomic E-state index is 0.116. The molecule has 2 amide bonds. The quantitative estimate of drug-likeness (QED) is 0.667. The van der Waals surface area contributed by atoms with Crippen molar-refractivity contribution in [3.63, 3.8) is 0 Å². The van der Waals surface area contributed by atoms with Crippen molar-refractivity contribution in [3.8, 4) is 0 Å². The summed E-state index contributed by atoms with van der Waals surface area (Å²) in [5, 5.41) is 3.64. The van der Waals surface area contributed by atoms with Crippen molar-refractivity contribution in [1.29, 1.82) is 0 Å². The molecular formula is C25H27FN4O2. The van der Waals surface area contributed by atoms with Gasteiger partial charge in [0.1, 0.15) is 5.82 Å². The van der Waals surface area contributed by atoms with E-state index in [4.69, 9.17) is 0 Å². The molecule has 6 nitrogen and oxygen atoms in total. The van der Waals surface area contributed by atoms with Crippen LogP contribution in [-0.4, -0.2) is 47.9 Å². The lowest BCUT2D eigenvalue weighted by Crippen LogP contribution is -2.49. The smallest absolute Gasteiger partial charge is 0.254 e. The Labute approximate surface area is 187 Å². The molecular weight excluding hydrogens is 407 g/mol. The van der Waals surface area contributed by atoms with Gasteiger partial charge in [0.05, 0.1) is 16.8 Å². The molecule has 0 radical (unpaired) electrons. The molecule has 0 saturated carbocycles. The highest BCUT2D eigenvalue weighted by molar-refractivity contribution is 6.08. The molecule has 0 unspecified atom stereocenters. The Morgan fingerprint density at radius 1 is 1.03 bits per heavy atom. The molecule has 7 heteroatoms. The normalized spacial score (nSPS) is 14.2. The zero-order chi connectivity index (χ0) is 22.8. The predicted molar refractivity (Wildman–Crippen MR) is 124 cm³/mol. The van der Waals surface area contributed by atoms with Crippen LogP contribution in [0.4, 0.5) is 15.8 Å². The summed E-state index contributed by atoms with van der Waals surface area (Å²) in [6.45, 7) is 7.59. The number of nitrogens with one attached hydrogen (secondary N) is 1. The van der Waals surface area contributed by atoms with Crippen LogP contribution in [0.5, 0.6) is 0 Å². The van der Waals surface area contributed by atoms with E-state index in [0.29, 0.717) is 48.6 Å². The van der Waals surface area contributed by atoms with Crippen LogP contribution in [0.3, 0.4) is 0 Å². The van der Waals surface area contributed by atoms with Gasteiger partial charge in [-0.05, 0) is 37.3 Å². The average Bonchev–Trinajstić information content (AvgIpc) is 2.78. The Morgan fingerprint density at radius 3 is 2.44 bits per heavy atom. The number of aromatic nitrogens is 1. The number of carbonyl (C=O) groups excluding carboxylic acids is 2. The first kappa shape index (κ1) is 21.7. The molecule has 1 fully saturated rings. The van der Waals surface area contributed by atoms with Crippen molar-refractivity contribution in [2.45, 2.75) is 20.8 Å². The zero-order valence-corrected chi connectivity index (χ0v) is 18.6. The lowest BCUT2D eigenvalue weighted by Gasteiger charge is -2.36. The number of anilines is 2. The third-order valence-corrected chi connectivity index (χ3v) is 5.73. The number of carbonyl (C=O) groups is 2. The van der Waals surface area contributed by atoms with E-state index in [0.717, 1.165) is 11.1 Å². The minimum Gasteiger partial charge on any atom is -0.366 e. The number of para-hydroxylation sites is 1. The number of nitrogens with zero attached hydrogens (tertiary/aromatic N) is 3. The summed E-state index contributed by atoms with van der Waals surface area (Å²) in [4.78, 5) is 34.0. The molecule has 2 aromatic carbocycles. The Bertz CT molecular complexity index is 1170. The summed E-state index contributed by atoms with van der Waals surface area (Å²) in [6.07, 6.45) is 0. The largest absolute Gasteiger partial charge is 0.366 e. The Kier molecular flexibility index (Phi) is 6.08. The zero-order valence-electron chi connectivity index (χ0n) is 18.6. The molecule has 2 heterocycles. The van der Waals surface area contributed by atoms with Crippen LogP contribution in [0, 0.1) is 18.7 Å². The predicted octanol–water partition coefficient (Wildman–Crippen LogP) is 4.24. The molecule has 1 aromatic heterocycles. The van der Waals surface area contributed by atoms with Crippen LogP contribution >= 0.6 is 0 Å². The molecule has 4 rings (SSSR count). The molecule has 0 bridgehead atoms.